The summed E-state index contributed by atoms with van der Waals surface area (Å²) in [7, 11) is 0. The first-order valence-corrected chi connectivity index (χ1v) is 10.1. The number of nitrogens with one attached hydrogen (secondary N) is 3. The summed E-state index contributed by atoms with van der Waals surface area (Å²) in [4.78, 5) is 49.0. The van der Waals surface area contributed by atoms with Gasteiger partial charge in [0.1, 0.15) is 13.2 Å². The summed E-state index contributed by atoms with van der Waals surface area (Å²) >= 11 is 1.10. The van der Waals surface area contributed by atoms with Crippen LogP contribution < -0.4 is 16.0 Å². The van der Waals surface area contributed by atoms with E-state index in [0.717, 1.165) is 17.8 Å². The summed E-state index contributed by atoms with van der Waals surface area (Å²) in [5.41, 5.74) is -0.214. The van der Waals surface area contributed by atoms with Crippen molar-refractivity contribution in [2.24, 2.45) is 0 Å². The summed E-state index contributed by atoms with van der Waals surface area (Å²) in [5.74, 6) is 0.763. The highest BCUT2D eigenvalue weighted by atomic mass is 32.2. The predicted molar refractivity (Wildman–Crippen MR) is 112 cm³/mol. The molecule has 1 aromatic heterocycles. The van der Waals surface area contributed by atoms with Gasteiger partial charge in [0.2, 0.25) is 11.8 Å². The zero-order valence-electron chi connectivity index (χ0n) is 17.0. The van der Waals surface area contributed by atoms with E-state index in [1.807, 2.05) is 13.8 Å². The number of pyridine rings is 1. The topological polar surface area (TPSA) is 153 Å². The second-order valence-electron chi connectivity index (χ2n) is 5.09. The van der Waals surface area contributed by atoms with Crippen LogP contribution in [-0.4, -0.2) is 66.7 Å². The van der Waals surface area contributed by atoms with Gasteiger partial charge in [-0.1, -0.05) is 19.8 Å². The molecule has 1 heterocycles. The number of nitrogens with zero attached hydrogens (tertiary/aromatic N) is 2. The molecule has 0 bridgehead atoms. The Morgan fingerprint density at radius 2 is 1.80 bits per heavy atom. The minimum Gasteiger partial charge on any atom is -0.362 e. The molecule has 30 heavy (non-hydrogen) atoms. The first-order valence-electron chi connectivity index (χ1n) is 8.90. The molecule has 3 amide bonds. The van der Waals surface area contributed by atoms with Crippen LogP contribution >= 0.6 is 11.8 Å². The van der Waals surface area contributed by atoms with E-state index in [9.17, 15) is 24.5 Å². The van der Waals surface area contributed by atoms with Crippen molar-refractivity contribution in [3.63, 3.8) is 0 Å². The maximum Gasteiger partial charge on any atom is 0.302 e. The molecule has 0 aliphatic rings. The number of hydrogen-bond donors (Lipinski definition) is 3. The largest absolute Gasteiger partial charge is 0.362 e. The summed E-state index contributed by atoms with van der Waals surface area (Å²) in [5, 5.41) is 18.6. The van der Waals surface area contributed by atoms with Crippen molar-refractivity contribution in [1.82, 2.24) is 20.9 Å². The minimum absolute atomic E-state index is 0.0390. The van der Waals surface area contributed by atoms with Gasteiger partial charge in [-0.2, -0.15) is 0 Å². The molecule has 11 nitrogen and oxygen atoms in total. The lowest BCUT2D eigenvalue weighted by Crippen LogP contribution is -2.37. The van der Waals surface area contributed by atoms with Gasteiger partial charge in [-0.15, -0.1) is 18.2 Å². The average Bonchev–Trinajstić information content (AvgIpc) is 2.75. The molecule has 12 heteroatoms. The van der Waals surface area contributed by atoms with Crippen molar-refractivity contribution >= 4 is 35.2 Å². The molecule has 0 atom stereocenters. The van der Waals surface area contributed by atoms with Crippen molar-refractivity contribution in [1.29, 1.82) is 0 Å². The molecule has 0 fully saturated rings. The van der Waals surface area contributed by atoms with Crippen molar-refractivity contribution in [3.8, 4) is 12.3 Å². The standard InChI is InChI=1S/C16H19N5O6S.C2H6/c1-3-4-17-13(22)9-27-10-14(23)18-5-6-19-15(24)11-7-12(21(25)26)16(28-2)20-8-11;1-2/h1,7-8H,4-6,9-10H2,2H3,(H,17,22)(H,18,23)(H,19,24);1-2H3. The fourth-order valence-electron chi connectivity index (χ4n) is 1.82. The minimum atomic E-state index is -0.608. The molecule has 0 aliphatic carbocycles. The summed E-state index contributed by atoms with van der Waals surface area (Å²) < 4.78 is 4.91. The Bertz CT molecular complexity index is 781. The van der Waals surface area contributed by atoms with Gasteiger partial charge < -0.3 is 20.7 Å². The molecule has 164 valence electrons. The van der Waals surface area contributed by atoms with Gasteiger partial charge in [0.25, 0.3) is 5.91 Å². The van der Waals surface area contributed by atoms with Gasteiger partial charge >= 0.3 is 5.69 Å². The molecule has 1 rings (SSSR count). The average molecular weight is 439 g/mol. The summed E-state index contributed by atoms with van der Waals surface area (Å²) in [6.07, 6.45) is 7.87. The fourth-order valence-corrected chi connectivity index (χ4v) is 2.32. The van der Waals surface area contributed by atoms with Crippen LogP contribution in [0.25, 0.3) is 0 Å². The number of ether oxygens (including phenoxy) is 1. The number of hydrogen-bond acceptors (Lipinski definition) is 8. The Morgan fingerprint density at radius 3 is 2.37 bits per heavy atom. The molecule has 0 saturated heterocycles. The molecule has 1 aromatic rings. The zero-order valence-corrected chi connectivity index (χ0v) is 17.8. The molecular formula is C18H25N5O6S. The zero-order chi connectivity index (χ0) is 22.9. The van der Waals surface area contributed by atoms with Crippen LogP contribution in [0.15, 0.2) is 17.3 Å². The third kappa shape index (κ3) is 10.4. The molecule has 0 aromatic carbocycles. The van der Waals surface area contributed by atoms with E-state index >= 15 is 0 Å². The highest BCUT2D eigenvalue weighted by molar-refractivity contribution is 7.98. The lowest BCUT2D eigenvalue weighted by Gasteiger charge is -2.08. The number of carbonyl (C=O) groups is 3. The number of nitro groups is 1. The Morgan fingerprint density at radius 1 is 1.20 bits per heavy atom. The molecule has 3 N–H and O–H groups in total. The molecule has 0 spiro atoms. The van der Waals surface area contributed by atoms with Gasteiger partial charge in [-0.25, -0.2) is 4.98 Å². The quantitative estimate of drug-likeness (QED) is 0.147. The summed E-state index contributed by atoms with van der Waals surface area (Å²) in [6, 6.07) is 1.14. The smallest absolute Gasteiger partial charge is 0.302 e. The van der Waals surface area contributed by atoms with Crippen LogP contribution in [-0.2, 0) is 14.3 Å². The normalized spacial score (nSPS) is 9.40. The number of aromatic nitrogens is 1. The van der Waals surface area contributed by atoms with Crippen LogP contribution in [0.4, 0.5) is 5.69 Å². The highest BCUT2D eigenvalue weighted by Gasteiger charge is 2.18. The third-order valence-electron chi connectivity index (χ3n) is 3.07. The molecule has 0 saturated carbocycles. The van der Waals surface area contributed by atoms with Crippen molar-refractivity contribution in [3.05, 3.63) is 27.9 Å². The van der Waals surface area contributed by atoms with Crippen molar-refractivity contribution in [2.45, 2.75) is 18.9 Å². The van der Waals surface area contributed by atoms with Gasteiger partial charge in [0, 0.05) is 25.4 Å². The van der Waals surface area contributed by atoms with E-state index in [2.05, 4.69) is 26.9 Å². The number of terminal acetylenes is 1. The number of thioether (sulfide) groups is 1. The summed E-state index contributed by atoms with van der Waals surface area (Å²) in [6.45, 7) is 3.64. The second kappa shape index (κ2) is 15.7. The third-order valence-corrected chi connectivity index (χ3v) is 3.77. The Hall–Kier alpha value is -3.17. The Balaban J connectivity index is 0.00000407. The van der Waals surface area contributed by atoms with Gasteiger partial charge in [0.05, 0.1) is 17.0 Å². The van der Waals surface area contributed by atoms with Crippen LogP contribution in [0.1, 0.15) is 24.2 Å². The van der Waals surface area contributed by atoms with Crippen molar-refractivity contribution < 1.29 is 24.0 Å². The first kappa shape index (κ1) is 26.8. The van der Waals surface area contributed by atoms with E-state index in [-0.39, 0.29) is 49.1 Å². The van der Waals surface area contributed by atoms with E-state index < -0.39 is 22.6 Å². The first-order chi connectivity index (χ1) is 14.4. The van der Waals surface area contributed by atoms with Crippen LogP contribution in [0.5, 0.6) is 0 Å². The number of rotatable bonds is 11. The fraction of sp³-hybridized carbons (Fsp3) is 0.444. The lowest BCUT2D eigenvalue weighted by atomic mass is 10.2. The SMILES string of the molecule is C#CCNC(=O)COCC(=O)NCCNC(=O)c1cnc(SC)c([N+](=O)[O-])c1.CC. The predicted octanol–water partition coefficient (Wildman–Crippen LogP) is 0.350. The van der Waals surface area contributed by atoms with Gasteiger partial charge in [-0.3, -0.25) is 24.5 Å². The monoisotopic (exact) mass is 439 g/mol. The van der Waals surface area contributed by atoms with Crippen LogP contribution in [0.3, 0.4) is 0 Å². The van der Waals surface area contributed by atoms with E-state index in [4.69, 9.17) is 11.2 Å². The van der Waals surface area contributed by atoms with E-state index in [1.54, 1.807) is 6.26 Å². The maximum atomic E-state index is 12.0. The molecule has 0 unspecified atom stereocenters. The molecule has 0 aliphatic heterocycles. The van der Waals surface area contributed by atoms with E-state index in [1.165, 1.54) is 6.20 Å². The Labute approximate surface area is 178 Å². The second-order valence-corrected chi connectivity index (χ2v) is 5.88. The van der Waals surface area contributed by atoms with Crippen LogP contribution in [0, 0.1) is 22.5 Å². The van der Waals surface area contributed by atoms with E-state index in [0.29, 0.717) is 0 Å². The molecular weight excluding hydrogens is 414 g/mol. The maximum absolute atomic E-state index is 12.0. The van der Waals surface area contributed by atoms with Gasteiger partial charge in [-0.05, 0) is 6.26 Å². The van der Waals surface area contributed by atoms with Gasteiger partial charge in [0.15, 0.2) is 5.03 Å². The van der Waals surface area contributed by atoms with Crippen LogP contribution in [0.2, 0.25) is 0 Å². The lowest BCUT2D eigenvalue weighted by molar-refractivity contribution is -0.388. The van der Waals surface area contributed by atoms with Crippen molar-refractivity contribution in [2.75, 3.05) is 39.1 Å². The number of amides is 3. The Kier molecular flexibility index (Phi) is 14.1. The molecule has 0 radical (unpaired) electrons. The number of carbonyl (C=O) groups excluding carboxylic acids is 3. The highest BCUT2D eigenvalue weighted by Crippen LogP contribution is 2.25.